The molecule has 2 aromatic rings. The van der Waals surface area contributed by atoms with Crippen molar-refractivity contribution in [1.82, 2.24) is 5.32 Å². The monoisotopic (exact) mass is 433 g/mol. The van der Waals surface area contributed by atoms with Gasteiger partial charge in [-0.2, -0.15) is 5.26 Å². The van der Waals surface area contributed by atoms with Crippen LogP contribution in [0.4, 0.5) is 5.69 Å². The Labute approximate surface area is 188 Å². The molecule has 1 saturated carbocycles. The summed E-state index contributed by atoms with van der Waals surface area (Å²) in [6, 6.07) is 15.9. The summed E-state index contributed by atoms with van der Waals surface area (Å²) >= 11 is 0. The van der Waals surface area contributed by atoms with Crippen LogP contribution in [0.3, 0.4) is 0 Å². The van der Waals surface area contributed by atoms with Crippen molar-refractivity contribution in [2.24, 2.45) is 0 Å². The lowest BCUT2D eigenvalue weighted by molar-refractivity contribution is -0.124. The molecular formula is C25H27N3O4. The van der Waals surface area contributed by atoms with Gasteiger partial charge >= 0.3 is 0 Å². The molecule has 0 radical (unpaired) electrons. The van der Waals surface area contributed by atoms with E-state index in [4.69, 9.17) is 9.47 Å². The van der Waals surface area contributed by atoms with Crippen molar-refractivity contribution in [2.45, 2.75) is 38.1 Å². The van der Waals surface area contributed by atoms with E-state index in [1.165, 1.54) is 19.6 Å². The molecule has 0 unspecified atom stereocenters. The lowest BCUT2D eigenvalue weighted by Gasteiger charge is -2.22. The van der Waals surface area contributed by atoms with Crippen LogP contribution in [-0.2, 0) is 9.59 Å². The van der Waals surface area contributed by atoms with Gasteiger partial charge in [0.05, 0.1) is 7.11 Å². The van der Waals surface area contributed by atoms with Crippen molar-refractivity contribution in [3.8, 4) is 17.6 Å². The van der Waals surface area contributed by atoms with E-state index in [1.807, 2.05) is 6.07 Å². The van der Waals surface area contributed by atoms with Gasteiger partial charge in [-0.3, -0.25) is 9.59 Å². The number of nitrogens with zero attached hydrogens (tertiary/aromatic N) is 1. The highest BCUT2D eigenvalue weighted by Gasteiger charge is 2.16. The fourth-order valence-corrected chi connectivity index (χ4v) is 3.54. The number of rotatable bonds is 8. The van der Waals surface area contributed by atoms with E-state index < -0.39 is 5.91 Å². The first kappa shape index (κ1) is 22.9. The van der Waals surface area contributed by atoms with Crippen LogP contribution in [0.5, 0.6) is 11.5 Å². The van der Waals surface area contributed by atoms with E-state index in [1.54, 1.807) is 48.5 Å². The minimum Gasteiger partial charge on any atom is -0.497 e. The Kier molecular flexibility index (Phi) is 8.27. The fraction of sp³-hybridized carbons (Fsp3) is 0.320. The SMILES string of the molecule is COc1cccc(NC(=O)/C(C#N)=C/c2ccc(OCC(=O)NC3CCCCC3)cc2)c1. The minimum atomic E-state index is -0.513. The van der Waals surface area contributed by atoms with Crippen molar-refractivity contribution >= 4 is 23.6 Å². The van der Waals surface area contributed by atoms with Crippen molar-refractivity contribution in [2.75, 3.05) is 19.0 Å². The number of methoxy groups -OCH3 is 1. The number of nitrogens with one attached hydrogen (secondary N) is 2. The zero-order chi connectivity index (χ0) is 22.8. The van der Waals surface area contributed by atoms with Gasteiger partial charge in [-0.1, -0.05) is 37.5 Å². The lowest BCUT2D eigenvalue weighted by atomic mass is 9.95. The quantitative estimate of drug-likeness (QED) is 0.483. The molecule has 0 aromatic heterocycles. The largest absolute Gasteiger partial charge is 0.497 e. The summed E-state index contributed by atoms with van der Waals surface area (Å²) in [5, 5.41) is 15.1. The molecule has 32 heavy (non-hydrogen) atoms. The van der Waals surface area contributed by atoms with Gasteiger partial charge in [0.15, 0.2) is 6.61 Å². The molecule has 166 valence electrons. The predicted octanol–water partition coefficient (Wildman–Crippen LogP) is 4.07. The van der Waals surface area contributed by atoms with Crippen LogP contribution < -0.4 is 20.1 Å². The number of carbonyl (C=O) groups excluding carboxylic acids is 2. The standard InChI is InChI=1S/C25H27N3O4/c1-31-23-9-5-8-21(15-23)28-25(30)19(16-26)14-18-10-12-22(13-11-18)32-17-24(29)27-20-6-3-2-4-7-20/h5,8-15,20H,2-4,6-7,17H2,1H3,(H,27,29)(H,28,30)/b19-14+. The van der Waals surface area contributed by atoms with E-state index >= 15 is 0 Å². The second-order valence-electron chi connectivity index (χ2n) is 7.62. The number of hydrogen-bond acceptors (Lipinski definition) is 5. The molecule has 0 saturated heterocycles. The van der Waals surface area contributed by atoms with Gasteiger partial charge in [-0.25, -0.2) is 0 Å². The second kappa shape index (κ2) is 11.6. The number of anilines is 1. The Bertz CT molecular complexity index is 1000. The number of carbonyl (C=O) groups is 2. The van der Waals surface area contributed by atoms with E-state index in [0.717, 1.165) is 25.7 Å². The molecule has 2 amide bonds. The lowest BCUT2D eigenvalue weighted by Crippen LogP contribution is -2.38. The molecule has 2 aromatic carbocycles. The van der Waals surface area contributed by atoms with Crippen LogP contribution in [0.25, 0.3) is 6.08 Å². The highest BCUT2D eigenvalue weighted by atomic mass is 16.5. The number of nitriles is 1. The third-order valence-corrected chi connectivity index (χ3v) is 5.22. The van der Waals surface area contributed by atoms with Crippen molar-refractivity contribution in [3.63, 3.8) is 0 Å². The molecule has 7 heteroatoms. The average molecular weight is 434 g/mol. The van der Waals surface area contributed by atoms with Crippen LogP contribution in [0, 0.1) is 11.3 Å². The van der Waals surface area contributed by atoms with Crippen molar-refractivity contribution in [3.05, 3.63) is 59.7 Å². The van der Waals surface area contributed by atoms with Crippen LogP contribution >= 0.6 is 0 Å². The average Bonchev–Trinajstić information content (AvgIpc) is 2.82. The molecule has 2 N–H and O–H groups in total. The van der Waals surface area contributed by atoms with Gasteiger partial charge in [-0.15, -0.1) is 0 Å². The zero-order valence-corrected chi connectivity index (χ0v) is 18.1. The number of ether oxygens (including phenoxy) is 2. The first-order chi connectivity index (χ1) is 15.6. The summed E-state index contributed by atoms with van der Waals surface area (Å²) in [6.45, 7) is -0.0436. The van der Waals surface area contributed by atoms with Crippen LogP contribution in [0.15, 0.2) is 54.1 Å². The van der Waals surface area contributed by atoms with Gasteiger partial charge in [0.2, 0.25) is 0 Å². The molecule has 1 aliphatic carbocycles. The third-order valence-electron chi connectivity index (χ3n) is 5.22. The summed E-state index contributed by atoms with van der Waals surface area (Å²) in [4.78, 5) is 24.5. The normalized spacial score (nSPS) is 14.2. The Hall–Kier alpha value is -3.79. The minimum absolute atomic E-state index is 0.0339. The molecule has 7 nitrogen and oxygen atoms in total. The van der Waals surface area contributed by atoms with Crippen molar-refractivity contribution < 1.29 is 19.1 Å². The van der Waals surface area contributed by atoms with Crippen molar-refractivity contribution in [1.29, 1.82) is 5.26 Å². The fourth-order valence-electron chi connectivity index (χ4n) is 3.54. The highest BCUT2D eigenvalue weighted by Crippen LogP contribution is 2.19. The van der Waals surface area contributed by atoms with Crippen LogP contribution in [0.2, 0.25) is 0 Å². The van der Waals surface area contributed by atoms with E-state index in [2.05, 4.69) is 10.6 Å². The summed E-state index contributed by atoms with van der Waals surface area (Å²) in [6.07, 6.45) is 7.10. The molecule has 0 heterocycles. The summed E-state index contributed by atoms with van der Waals surface area (Å²) in [5.74, 6) is 0.510. The molecule has 1 aliphatic rings. The molecule has 3 rings (SSSR count). The van der Waals surface area contributed by atoms with Gasteiger partial charge in [0.1, 0.15) is 23.1 Å². The summed E-state index contributed by atoms with van der Waals surface area (Å²) < 4.78 is 10.7. The Morgan fingerprint density at radius 3 is 2.53 bits per heavy atom. The Morgan fingerprint density at radius 2 is 1.84 bits per heavy atom. The van der Waals surface area contributed by atoms with E-state index in [9.17, 15) is 14.9 Å². The Balaban J connectivity index is 1.54. The van der Waals surface area contributed by atoms with Gasteiger partial charge < -0.3 is 20.1 Å². The van der Waals surface area contributed by atoms with Crippen LogP contribution in [-0.4, -0.2) is 31.6 Å². The molecule has 0 atom stereocenters. The van der Waals surface area contributed by atoms with Gasteiger partial charge in [0.25, 0.3) is 11.8 Å². The first-order valence-corrected chi connectivity index (χ1v) is 10.7. The number of hydrogen-bond donors (Lipinski definition) is 2. The molecule has 0 spiro atoms. The molecule has 1 fully saturated rings. The maximum Gasteiger partial charge on any atom is 0.266 e. The number of benzene rings is 2. The second-order valence-corrected chi connectivity index (χ2v) is 7.62. The van der Waals surface area contributed by atoms with Gasteiger partial charge in [-0.05, 0) is 48.7 Å². The van der Waals surface area contributed by atoms with Crippen LogP contribution in [0.1, 0.15) is 37.7 Å². The van der Waals surface area contributed by atoms with E-state index in [-0.39, 0.29) is 24.1 Å². The summed E-state index contributed by atoms with van der Waals surface area (Å²) in [7, 11) is 1.54. The molecule has 0 aliphatic heterocycles. The van der Waals surface area contributed by atoms with E-state index in [0.29, 0.717) is 22.7 Å². The topological polar surface area (TPSA) is 100 Å². The maximum absolute atomic E-state index is 12.4. The molecular weight excluding hydrogens is 406 g/mol. The third kappa shape index (κ3) is 6.88. The molecule has 0 bridgehead atoms. The first-order valence-electron chi connectivity index (χ1n) is 10.7. The highest BCUT2D eigenvalue weighted by molar-refractivity contribution is 6.09. The predicted molar refractivity (Wildman–Crippen MR) is 122 cm³/mol. The van der Waals surface area contributed by atoms with Gasteiger partial charge in [0, 0.05) is 17.8 Å². The maximum atomic E-state index is 12.4. The summed E-state index contributed by atoms with van der Waals surface area (Å²) in [5.41, 5.74) is 1.17. The number of amides is 2. The Morgan fingerprint density at radius 1 is 1.09 bits per heavy atom. The zero-order valence-electron chi connectivity index (χ0n) is 18.1. The smallest absolute Gasteiger partial charge is 0.266 e.